The summed E-state index contributed by atoms with van der Waals surface area (Å²) in [5.74, 6) is 0.126. The van der Waals surface area contributed by atoms with Gasteiger partial charge in [0.05, 0.1) is 6.42 Å². The van der Waals surface area contributed by atoms with Crippen LogP contribution in [0.2, 0.25) is 0 Å². The summed E-state index contributed by atoms with van der Waals surface area (Å²) in [5, 5.41) is 6.48. The largest absolute Gasteiger partial charge is 0.351 e. The number of hydrogen-bond acceptors (Lipinski definition) is 2. The summed E-state index contributed by atoms with van der Waals surface area (Å²) in [7, 11) is 0. The first-order chi connectivity index (χ1) is 8.18. The third-order valence-electron chi connectivity index (χ3n) is 3.36. The molecule has 1 aromatic carbocycles. The molecule has 17 heavy (non-hydrogen) atoms. The molecule has 1 amide bonds. The topological polar surface area (TPSA) is 41.1 Å². The van der Waals surface area contributed by atoms with Crippen LogP contribution < -0.4 is 10.6 Å². The summed E-state index contributed by atoms with van der Waals surface area (Å²) >= 11 is 0. The fourth-order valence-electron chi connectivity index (χ4n) is 2.27. The van der Waals surface area contributed by atoms with Gasteiger partial charge in [0.1, 0.15) is 0 Å². The van der Waals surface area contributed by atoms with Gasteiger partial charge in [-0.2, -0.15) is 0 Å². The van der Waals surface area contributed by atoms with Crippen molar-refractivity contribution in [2.24, 2.45) is 0 Å². The SMILES string of the molecule is CC1(NC(=O)Cc2ccccc2)CCNCC1. The molecule has 3 heteroatoms. The normalized spacial score (nSPS) is 18.6. The number of amides is 1. The first-order valence-electron chi connectivity index (χ1n) is 6.24. The Balaban J connectivity index is 1.88. The van der Waals surface area contributed by atoms with E-state index in [1.165, 1.54) is 0 Å². The Bertz CT molecular complexity index is 369. The minimum absolute atomic E-state index is 0.0306. The summed E-state index contributed by atoms with van der Waals surface area (Å²) in [6.45, 7) is 4.11. The van der Waals surface area contributed by atoms with Crippen LogP contribution in [-0.4, -0.2) is 24.5 Å². The molecule has 0 atom stereocenters. The lowest BCUT2D eigenvalue weighted by molar-refractivity contribution is -0.122. The molecule has 0 radical (unpaired) electrons. The van der Waals surface area contributed by atoms with Gasteiger partial charge in [0, 0.05) is 5.54 Å². The van der Waals surface area contributed by atoms with Crippen LogP contribution >= 0.6 is 0 Å². The molecule has 0 aromatic heterocycles. The van der Waals surface area contributed by atoms with Gasteiger partial charge in [-0.15, -0.1) is 0 Å². The Morgan fingerprint density at radius 1 is 1.29 bits per heavy atom. The van der Waals surface area contributed by atoms with Crippen molar-refractivity contribution in [2.45, 2.75) is 31.7 Å². The maximum absolute atomic E-state index is 12.0. The molecule has 0 spiro atoms. The van der Waals surface area contributed by atoms with Crippen molar-refractivity contribution in [1.82, 2.24) is 10.6 Å². The smallest absolute Gasteiger partial charge is 0.224 e. The minimum atomic E-state index is -0.0306. The van der Waals surface area contributed by atoms with E-state index >= 15 is 0 Å². The van der Waals surface area contributed by atoms with E-state index in [-0.39, 0.29) is 11.4 Å². The average molecular weight is 232 g/mol. The van der Waals surface area contributed by atoms with E-state index in [1.807, 2.05) is 30.3 Å². The van der Waals surface area contributed by atoms with Crippen molar-refractivity contribution < 1.29 is 4.79 Å². The Labute approximate surface area is 103 Å². The Morgan fingerprint density at radius 3 is 2.59 bits per heavy atom. The Hall–Kier alpha value is -1.35. The standard InChI is InChI=1S/C14H20N2O/c1-14(7-9-15-10-8-14)16-13(17)11-12-5-3-2-4-6-12/h2-6,15H,7-11H2,1H3,(H,16,17). The van der Waals surface area contributed by atoms with Crippen LogP contribution in [-0.2, 0) is 11.2 Å². The Morgan fingerprint density at radius 2 is 1.94 bits per heavy atom. The third kappa shape index (κ3) is 3.56. The summed E-state index contributed by atoms with van der Waals surface area (Å²) in [5.41, 5.74) is 1.04. The molecule has 2 rings (SSSR count). The monoisotopic (exact) mass is 232 g/mol. The molecule has 1 aliphatic heterocycles. The molecule has 1 aliphatic rings. The summed E-state index contributed by atoms with van der Waals surface area (Å²) in [4.78, 5) is 12.0. The molecule has 0 saturated carbocycles. The third-order valence-corrected chi connectivity index (χ3v) is 3.36. The quantitative estimate of drug-likeness (QED) is 0.829. The van der Waals surface area contributed by atoms with Gasteiger partial charge in [0.25, 0.3) is 0 Å². The van der Waals surface area contributed by atoms with Crippen LogP contribution in [0.3, 0.4) is 0 Å². The molecule has 1 fully saturated rings. The summed E-state index contributed by atoms with van der Waals surface area (Å²) in [6, 6.07) is 9.88. The fraction of sp³-hybridized carbons (Fsp3) is 0.500. The first kappa shape index (κ1) is 12.1. The van der Waals surface area contributed by atoms with Crippen LogP contribution in [0.25, 0.3) is 0 Å². The lowest BCUT2D eigenvalue weighted by atomic mass is 9.90. The van der Waals surface area contributed by atoms with Gasteiger partial charge in [0.15, 0.2) is 0 Å². The van der Waals surface area contributed by atoms with E-state index in [4.69, 9.17) is 0 Å². The molecule has 92 valence electrons. The molecule has 2 N–H and O–H groups in total. The van der Waals surface area contributed by atoms with Gasteiger partial charge in [0.2, 0.25) is 5.91 Å². The molecule has 1 saturated heterocycles. The van der Waals surface area contributed by atoms with Crippen LogP contribution in [0.15, 0.2) is 30.3 Å². The molecule has 0 aliphatic carbocycles. The number of carbonyl (C=O) groups is 1. The van der Waals surface area contributed by atoms with E-state index in [9.17, 15) is 4.79 Å². The summed E-state index contributed by atoms with van der Waals surface area (Å²) < 4.78 is 0. The molecule has 0 unspecified atom stereocenters. The van der Waals surface area contributed by atoms with Crippen LogP contribution in [0.1, 0.15) is 25.3 Å². The van der Waals surface area contributed by atoms with E-state index in [0.717, 1.165) is 31.5 Å². The lowest BCUT2D eigenvalue weighted by Crippen LogP contribution is -2.52. The van der Waals surface area contributed by atoms with Gasteiger partial charge in [-0.3, -0.25) is 4.79 Å². The maximum atomic E-state index is 12.0. The van der Waals surface area contributed by atoms with Gasteiger partial charge >= 0.3 is 0 Å². The Kier molecular flexibility index (Phi) is 3.79. The second-order valence-electron chi connectivity index (χ2n) is 5.02. The van der Waals surface area contributed by atoms with Crippen molar-refractivity contribution in [2.75, 3.05) is 13.1 Å². The molecular formula is C14H20N2O. The van der Waals surface area contributed by atoms with Crippen molar-refractivity contribution in [3.8, 4) is 0 Å². The lowest BCUT2D eigenvalue weighted by Gasteiger charge is -2.35. The number of nitrogens with one attached hydrogen (secondary N) is 2. The van der Waals surface area contributed by atoms with E-state index in [0.29, 0.717) is 6.42 Å². The highest BCUT2D eigenvalue weighted by Crippen LogP contribution is 2.17. The van der Waals surface area contributed by atoms with Crippen molar-refractivity contribution in [3.63, 3.8) is 0 Å². The zero-order valence-corrected chi connectivity index (χ0v) is 10.3. The summed E-state index contributed by atoms with van der Waals surface area (Å²) in [6.07, 6.45) is 2.49. The number of carbonyl (C=O) groups excluding carboxylic acids is 1. The first-order valence-corrected chi connectivity index (χ1v) is 6.24. The number of hydrogen-bond donors (Lipinski definition) is 2. The molecule has 0 bridgehead atoms. The molecular weight excluding hydrogens is 212 g/mol. The number of rotatable bonds is 3. The predicted octanol–water partition coefficient (Wildman–Crippen LogP) is 1.49. The van der Waals surface area contributed by atoms with Crippen LogP contribution in [0.4, 0.5) is 0 Å². The zero-order chi connectivity index (χ0) is 12.1. The zero-order valence-electron chi connectivity index (χ0n) is 10.3. The predicted molar refractivity (Wildman–Crippen MR) is 68.8 cm³/mol. The van der Waals surface area contributed by atoms with Crippen LogP contribution in [0, 0.1) is 0 Å². The average Bonchev–Trinajstić information content (AvgIpc) is 2.30. The van der Waals surface area contributed by atoms with E-state index < -0.39 is 0 Å². The fourth-order valence-corrected chi connectivity index (χ4v) is 2.27. The van der Waals surface area contributed by atoms with Gasteiger partial charge in [-0.1, -0.05) is 30.3 Å². The minimum Gasteiger partial charge on any atom is -0.351 e. The van der Waals surface area contributed by atoms with Crippen molar-refractivity contribution >= 4 is 5.91 Å². The van der Waals surface area contributed by atoms with Crippen LogP contribution in [0.5, 0.6) is 0 Å². The molecule has 1 heterocycles. The number of piperidine rings is 1. The number of benzene rings is 1. The highest BCUT2D eigenvalue weighted by molar-refractivity contribution is 5.79. The highest BCUT2D eigenvalue weighted by Gasteiger charge is 2.27. The molecule has 3 nitrogen and oxygen atoms in total. The van der Waals surface area contributed by atoms with Gasteiger partial charge < -0.3 is 10.6 Å². The second-order valence-corrected chi connectivity index (χ2v) is 5.02. The van der Waals surface area contributed by atoms with Gasteiger partial charge in [-0.05, 0) is 38.4 Å². The maximum Gasteiger partial charge on any atom is 0.224 e. The second kappa shape index (κ2) is 5.32. The van der Waals surface area contributed by atoms with Crippen molar-refractivity contribution in [3.05, 3.63) is 35.9 Å². The van der Waals surface area contributed by atoms with E-state index in [2.05, 4.69) is 17.6 Å². The van der Waals surface area contributed by atoms with Crippen molar-refractivity contribution in [1.29, 1.82) is 0 Å². The molecule has 1 aromatic rings. The highest BCUT2D eigenvalue weighted by atomic mass is 16.1. The van der Waals surface area contributed by atoms with E-state index in [1.54, 1.807) is 0 Å². The van der Waals surface area contributed by atoms with Gasteiger partial charge in [-0.25, -0.2) is 0 Å².